The van der Waals surface area contributed by atoms with E-state index in [0.717, 1.165) is 18.4 Å². The Morgan fingerprint density at radius 2 is 2.00 bits per heavy atom. The molecule has 0 N–H and O–H groups in total. The maximum absolute atomic E-state index is 13.1. The Morgan fingerprint density at radius 3 is 2.62 bits per heavy atom. The normalized spacial score (nSPS) is 17.0. The van der Waals surface area contributed by atoms with E-state index in [4.69, 9.17) is 9.15 Å². The van der Waals surface area contributed by atoms with Gasteiger partial charge in [-0.25, -0.2) is 4.39 Å². The number of halogens is 1. The Kier molecular flexibility index (Phi) is 5.05. The van der Waals surface area contributed by atoms with Crippen molar-refractivity contribution >= 4 is 11.7 Å². The summed E-state index contributed by atoms with van der Waals surface area (Å²) in [5.41, 5.74) is 0.745. The average molecular weight is 331 g/mol. The number of carbonyl (C=O) groups excluding carboxylic acids is 2. The molecular weight excluding hydrogens is 313 g/mol. The summed E-state index contributed by atoms with van der Waals surface area (Å²) in [7, 11) is 0. The number of Topliss-reactive ketones (excluding diaryl/α,β-unsaturated/α-hetero) is 1. The third-order valence-electron chi connectivity index (χ3n) is 3.96. The number of amides is 1. The van der Waals surface area contributed by atoms with Gasteiger partial charge in [0.05, 0.1) is 12.4 Å². The first-order valence-electron chi connectivity index (χ1n) is 7.86. The van der Waals surface area contributed by atoms with E-state index < -0.39 is 11.7 Å². The second kappa shape index (κ2) is 7.40. The number of hydrogen-bond acceptors (Lipinski definition) is 4. The molecule has 0 bridgehead atoms. The third kappa shape index (κ3) is 3.89. The molecule has 1 amide bonds. The predicted octanol–water partition coefficient (Wildman–Crippen LogP) is 2.81. The molecular formula is C18H18FNO4. The van der Waals surface area contributed by atoms with Crippen LogP contribution >= 0.6 is 0 Å². The molecule has 1 aromatic heterocycles. The Morgan fingerprint density at radius 1 is 1.21 bits per heavy atom. The largest absolute Gasteiger partial charge is 0.461 e. The maximum atomic E-state index is 13.1. The topological polar surface area (TPSA) is 59.8 Å². The van der Waals surface area contributed by atoms with Gasteiger partial charge in [0.25, 0.3) is 11.7 Å². The van der Waals surface area contributed by atoms with E-state index in [-0.39, 0.29) is 24.2 Å². The van der Waals surface area contributed by atoms with E-state index in [1.54, 1.807) is 18.2 Å². The quantitative estimate of drug-likeness (QED) is 0.603. The van der Waals surface area contributed by atoms with Gasteiger partial charge in [-0.3, -0.25) is 9.59 Å². The summed E-state index contributed by atoms with van der Waals surface area (Å²) in [5.74, 6) is -1.68. The number of carbonyl (C=O) groups is 2. The number of hydrogen-bond donors (Lipinski definition) is 0. The van der Waals surface area contributed by atoms with E-state index in [9.17, 15) is 14.0 Å². The predicted molar refractivity (Wildman–Crippen MR) is 83.8 cm³/mol. The number of rotatable bonds is 6. The smallest absolute Gasteiger partial charge is 0.298 e. The minimum Gasteiger partial charge on any atom is -0.461 e. The van der Waals surface area contributed by atoms with Gasteiger partial charge < -0.3 is 14.1 Å². The first-order chi connectivity index (χ1) is 11.6. The van der Waals surface area contributed by atoms with Crippen molar-refractivity contribution in [2.75, 3.05) is 13.2 Å². The van der Waals surface area contributed by atoms with Crippen molar-refractivity contribution in [3.05, 3.63) is 59.8 Å². The van der Waals surface area contributed by atoms with Crippen molar-refractivity contribution in [3.8, 4) is 0 Å². The van der Waals surface area contributed by atoms with E-state index in [0.29, 0.717) is 13.2 Å². The van der Waals surface area contributed by atoms with Crippen LogP contribution in [-0.4, -0.2) is 35.8 Å². The summed E-state index contributed by atoms with van der Waals surface area (Å²) in [5, 5.41) is 0. The molecule has 0 radical (unpaired) electrons. The molecule has 1 aromatic carbocycles. The SMILES string of the molecule is O=C(C(=O)N(Cc1ccc(F)cc1)CC1CCCO1)c1ccco1. The van der Waals surface area contributed by atoms with Crippen LogP contribution in [0.3, 0.4) is 0 Å². The second-order valence-electron chi connectivity index (χ2n) is 5.75. The Balaban J connectivity index is 1.76. The summed E-state index contributed by atoms with van der Waals surface area (Å²) in [6, 6.07) is 8.88. The van der Waals surface area contributed by atoms with E-state index >= 15 is 0 Å². The lowest BCUT2D eigenvalue weighted by atomic mass is 10.1. The fourth-order valence-corrected chi connectivity index (χ4v) is 2.72. The number of furan rings is 1. The Bertz CT molecular complexity index is 690. The minimum absolute atomic E-state index is 0.0106. The van der Waals surface area contributed by atoms with Crippen molar-refractivity contribution in [1.82, 2.24) is 4.90 Å². The summed E-state index contributed by atoms with van der Waals surface area (Å²) in [6.07, 6.45) is 3.06. The van der Waals surface area contributed by atoms with Crippen LogP contribution in [0.2, 0.25) is 0 Å². The van der Waals surface area contributed by atoms with Crippen LogP contribution in [0.25, 0.3) is 0 Å². The van der Waals surface area contributed by atoms with Crippen LogP contribution in [-0.2, 0) is 16.1 Å². The Hall–Kier alpha value is -2.47. The molecule has 2 heterocycles. The highest BCUT2D eigenvalue weighted by Crippen LogP contribution is 2.17. The van der Waals surface area contributed by atoms with Crippen LogP contribution in [0.4, 0.5) is 4.39 Å². The molecule has 0 aliphatic carbocycles. The molecule has 1 aliphatic heterocycles. The monoisotopic (exact) mass is 331 g/mol. The molecule has 3 rings (SSSR count). The summed E-state index contributed by atoms with van der Waals surface area (Å²) >= 11 is 0. The first kappa shape index (κ1) is 16.4. The number of ketones is 1. The zero-order chi connectivity index (χ0) is 16.9. The molecule has 24 heavy (non-hydrogen) atoms. The summed E-state index contributed by atoms with van der Waals surface area (Å²) in [6.45, 7) is 1.20. The fourth-order valence-electron chi connectivity index (χ4n) is 2.72. The zero-order valence-electron chi connectivity index (χ0n) is 13.1. The van der Waals surface area contributed by atoms with Gasteiger partial charge in [0.2, 0.25) is 0 Å². The number of benzene rings is 1. The minimum atomic E-state index is -0.694. The lowest BCUT2D eigenvalue weighted by Gasteiger charge is -2.24. The van der Waals surface area contributed by atoms with Gasteiger partial charge >= 0.3 is 0 Å². The van der Waals surface area contributed by atoms with Crippen molar-refractivity contribution in [1.29, 1.82) is 0 Å². The molecule has 2 aromatic rings. The number of nitrogens with zero attached hydrogens (tertiary/aromatic N) is 1. The molecule has 1 aliphatic rings. The van der Waals surface area contributed by atoms with Gasteiger partial charge in [0, 0.05) is 19.7 Å². The van der Waals surface area contributed by atoms with Gasteiger partial charge in [0.1, 0.15) is 5.82 Å². The van der Waals surface area contributed by atoms with Crippen LogP contribution in [0.5, 0.6) is 0 Å². The molecule has 1 fully saturated rings. The molecule has 1 unspecified atom stereocenters. The van der Waals surface area contributed by atoms with Gasteiger partial charge in [-0.1, -0.05) is 12.1 Å². The number of ether oxygens (including phenoxy) is 1. The van der Waals surface area contributed by atoms with E-state index in [1.807, 2.05) is 0 Å². The van der Waals surface area contributed by atoms with E-state index in [1.165, 1.54) is 29.4 Å². The average Bonchev–Trinajstić information content (AvgIpc) is 3.28. The maximum Gasteiger partial charge on any atom is 0.298 e. The fraction of sp³-hybridized carbons (Fsp3) is 0.333. The molecule has 5 nitrogen and oxygen atoms in total. The van der Waals surface area contributed by atoms with Crippen molar-refractivity contribution in [2.45, 2.75) is 25.5 Å². The van der Waals surface area contributed by atoms with Gasteiger partial charge in [-0.15, -0.1) is 0 Å². The first-order valence-corrected chi connectivity index (χ1v) is 7.86. The van der Waals surface area contributed by atoms with Crippen LogP contribution in [0, 0.1) is 5.82 Å². The molecule has 0 saturated carbocycles. The molecule has 6 heteroatoms. The van der Waals surface area contributed by atoms with Crippen molar-refractivity contribution in [2.24, 2.45) is 0 Å². The highest BCUT2D eigenvalue weighted by atomic mass is 19.1. The van der Waals surface area contributed by atoms with Gasteiger partial charge in [-0.05, 0) is 42.7 Å². The van der Waals surface area contributed by atoms with Gasteiger partial charge in [-0.2, -0.15) is 0 Å². The lowest BCUT2D eigenvalue weighted by Crippen LogP contribution is -2.40. The molecule has 126 valence electrons. The third-order valence-corrected chi connectivity index (χ3v) is 3.96. The zero-order valence-corrected chi connectivity index (χ0v) is 13.1. The molecule has 1 atom stereocenters. The van der Waals surface area contributed by atoms with Crippen LogP contribution < -0.4 is 0 Å². The molecule has 0 spiro atoms. The van der Waals surface area contributed by atoms with Crippen molar-refractivity contribution < 1.29 is 23.1 Å². The van der Waals surface area contributed by atoms with Gasteiger partial charge in [0.15, 0.2) is 5.76 Å². The highest BCUT2D eigenvalue weighted by molar-refractivity contribution is 6.41. The van der Waals surface area contributed by atoms with Crippen molar-refractivity contribution in [3.63, 3.8) is 0 Å². The second-order valence-corrected chi connectivity index (χ2v) is 5.75. The van der Waals surface area contributed by atoms with Crippen LogP contribution in [0.1, 0.15) is 29.0 Å². The highest BCUT2D eigenvalue weighted by Gasteiger charge is 2.28. The lowest BCUT2D eigenvalue weighted by molar-refractivity contribution is -0.128. The van der Waals surface area contributed by atoms with Crippen LogP contribution in [0.15, 0.2) is 47.1 Å². The summed E-state index contributed by atoms with van der Waals surface area (Å²) < 4.78 is 23.7. The molecule has 1 saturated heterocycles. The Labute approximate surface area is 139 Å². The standard InChI is InChI=1S/C18H18FNO4/c19-14-7-5-13(6-8-14)11-20(12-15-3-1-9-23-15)18(22)17(21)16-4-2-10-24-16/h2,4-8,10,15H,1,3,9,11-12H2. The summed E-state index contributed by atoms with van der Waals surface area (Å²) in [4.78, 5) is 26.3. The van der Waals surface area contributed by atoms with E-state index in [2.05, 4.69) is 0 Å².